The van der Waals surface area contributed by atoms with E-state index in [4.69, 9.17) is 9.73 Å². The molecule has 1 aromatic heterocycles. The summed E-state index contributed by atoms with van der Waals surface area (Å²) < 4.78 is 7.20. The molecule has 1 atom stereocenters. The molecule has 3 aromatic rings. The Bertz CT molecular complexity index is 875. The molecule has 1 N–H and O–H groups in total. The van der Waals surface area contributed by atoms with Crippen LogP contribution < -0.4 is 4.74 Å². The third kappa shape index (κ3) is 3.32. The monoisotopic (exact) mass is 448 g/mol. The van der Waals surface area contributed by atoms with Crippen molar-refractivity contribution in [3.05, 3.63) is 60.3 Å². The molecule has 3 nitrogen and oxygen atoms in total. The molecule has 2 heterocycles. The van der Waals surface area contributed by atoms with Gasteiger partial charge in [-0.1, -0.05) is 52.9 Å². The number of para-hydroxylation sites is 2. The van der Waals surface area contributed by atoms with E-state index in [1.165, 1.54) is 0 Å². The van der Waals surface area contributed by atoms with Crippen LogP contribution in [0, 0.1) is 0 Å². The van der Waals surface area contributed by atoms with Gasteiger partial charge < -0.3 is 9.72 Å². The zero-order valence-electron chi connectivity index (χ0n) is 13.0. The largest absolute Gasteiger partial charge is 0.455 e. The van der Waals surface area contributed by atoms with Crippen molar-refractivity contribution in [1.29, 1.82) is 0 Å². The number of halogens is 1. The summed E-state index contributed by atoms with van der Waals surface area (Å²) in [6.07, 6.45) is 1.15. The molecule has 0 bridgehead atoms. The first-order valence-corrected chi connectivity index (χ1v) is 10.5. The van der Waals surface area contributed by atoms with Crippen LogP contribution in [0.2, 0.25) is 0 Å². The molecule has 0 radical (unpaired) electrons. The SMILES string of the molecule is ICCC1CSC(c2cc3cccc(Oc4ccccc4)c3[nH]2)=N1. The van der Waals surface area contributed by atoms with Gasteiger partial charge in [-0.05, 0) is 30.7 Å². The average molecular weight is 448 g/mol. The van der Waals surface area contributed by atoms with Gasteiger partial charge in [0.05, 0.1) is 17.3 Å². The maximum Gasteiger partial charge on any atom is 0.151 e. The molecule has 122 valence electrons. The van der Waals surface area contributed by atoms with Crippen molar-refractivity contribution in [2.45, 2.75) is 12.5 Å². The Morgan fingerprint density at radius 1 is 1.17 bits per heavy atom. The van der Waals surface area contributed by atoms with Crippen molar-refractivity contribution in [2.24, 2.45) is 4.99 Å². The third-order valence-corrected chi connectivity index (χ3v) is 5.75. The van der Waals surface area contributed by atoms with Crippen molar-refractivity contribution >= 4 is 50.3 Å². The third-order valence-electron chi connectivity index (χ3n) is 3.97. The molecule has 0 saturated heterocycles. The predicted octanol–water partition coefficient (Wildman–Crippen LogP) is 5.65. The van der Waals surface area contributed by atoms with Crippen LogP contribution in [0.15, 0.2) is 59.6 Å². The number of alkyl halides is 1. The Balaban J connectivity index is 1.66. The molecule has 5 heteroatoms. The van der Waals surface area contributed by atoms with Crippen LogP contribution in [0.4, 0.5) is 0 Å². The zero-order valence-corrected chi connectivity index (χ0v) is 16.0. The van der Waals surface area contributed by atoms with E-state index in [-0.39, 0.29) is 0 Å². The molecule has 0 spiro atoms. The molecule has 1 aliphatic rings. The van der Waals surface area contributed by atoms with Gasteiger partial charge in [0, 0.05) is 15.6 Å². The summed E-state index contributed by atoms with van der Waals surface area (Å²) in [7, 11) is 0. The highest BCUT2D eigenvalue weighted by Gasteiger charge is 2.20. The number of benzene rings is 2. The number of fused-ring (bicyclic) bond motifs is 1. The number of hydrogen-bond donors (Lipinski definition) is 1. The minimum absolute atomic E-state index is 0.452. The first-order chi connectivity index (χ1) is 11.8. The van der Waals surface area contributed by atoms with E-state index in [2.05, 4.69) is 39.7 Å². The number of nitrogens with one attached hydrogen (secondary N) is 1. The maximum atomic E-state index is 6.05. The highest BCUT2D eigenvalue weighted by atomic mass is 127. The van der Waals surface area contributed by atoms with Crippen molar-refractivity contribution in [3.63, 3.8) is 0 Å². The summed E-state index contributed by atoms with van der Waals surface area (Å²) in [6, 6.07) is 18.6. The number of nitrogens with zero attached hydrogens (tertiary/aromatic N) is 1. The fraction of sp³-hybridized carbons (Fsp3) is 0.211. The van der Waals surface area contributed by atoms with Gasteiger partial charge in [-0.15, -0.1) is 11.8 Å². The second kappa shape index (κ2) is 7.19. The van der Waals surface area contributed by atoms with Crippen LogP contribution in [0.1, 0.15) is 12.1 Å². The Labute approximate surface area is 159 Å². The number of aromatic nitrogens is 1. The van der Waals surface area contributed by atoms with Crippen LogP contribution in [0.3, 0.4) is 0 Å². The lowest BCUT2D eigenvalue weighted by Crippen LogP contribution is -2.03. The summed E-state index contributed by atoms with van der Waals surface area (Å²) in [6.45, 7) is 0. The number of thioether (sulfide) groups is 1. The van der Waals surface area contributed by atoms with Gasteiger partial charge in [-0.2, -0.15) is 0 Å². The van der Waals surface area contributed by atoms with E-state index in [1.807, 2.05) is 54.2 Å². The van der Waals surface area contributed by atoms with Crippen LogP contribution in [-0.2, 0) is 0 Å². The van der Waals surface area contributed by atoms with E-state index >= 15 is 0 Å². The normalized spacial score (nSPS) is 17.2. The van der Waals surface area contributed by atoms with Gasteiger partial charge in [0.25, 0.3) is 0 Å². The van der Waals surface area contributed by atoms with E-state index in [1.54, 1.807) is 0 Å². The summed E-state index contributed by atoms with van der Waals surface area (Å²) in [5, 5.41) is 2.27. The zero-order chi connectivity index (χ0) is 16.4. The maximum absolute atomic E-state index is 6.05. The lowest BCUT2D eigenvalue weighted by atomic mass is 10.2. The molecule has 4 rings (SSSR count). The molecule has 0 saturated carbocycles. The van der Waals surface area contributed by atoms with Crippen LogP contribution >= 0.6 is 34.4 Å². The molecule has 24 heavy (non-hydrogen) atoms. The van der Waals surface area contributed by atoms with Crippen molar-refractivity contribution in [2.75, 3.05) is 10.2 Å². The fourth-order valence-corrected chi connectivity index (χ4v) is 4.58. The fourth-order valence-electron chi connectivity index (χ4n) is 2.78. The average Bonchev–Trinajstić information content (AvgIpc) is 3.23. The Kier molecular flexibility index (Phi) is 4.80. The standard InChI is InChI=1S/C19H17IN2OS/c20-10-9-14-12-24-19(21-14)16-11-13-5-4-8-17(18(13)22-16)23-15-6-2-1-3-7-15/h1-8,11,14,22H,9-10,12H2. The van der Waals surface area contributed by atoms with Gasteiger partial charge in [0.1, 0.15) is 10.8 Å². The minimum atomic E-state index is 0.452. The lowest BCUT2D eigenvalue weighted by molar-refractivity contribution is 0.487. The second-order valence-corrected chi connectivity index (χ2v) is 7.78. The molecule has 1 aliphatic heterocycles. The quantitative estimate of drug-likeness (QED) is 0.405. The number of H-pyrrole nitrogens is 1. The number of ether oxygens (including phenoxy) is 1. The van der Waals surface area contributed by atoms with Crippen molar-refractivity contribution < 1.29 is 4.74 Å². The second-order valence-electron chi connectivity index (χ2n) is 5.70. The van der Waals surface area contributed by atoms with Crippen molar-refractivity contribution in [3.8, 4) is 11.5 Å². The molecular weight excluding hydrogens is 431 g/mol. The van der Waals surface area contributed by atoms with E-state index in [0.717, 1.165) is 49.7 Å². The van der Waals surface area contributed by atoms with Crippen LogP contribution in [0.25, 0.3) is 10.9 Å². The first-order valence-electron chi connectivity index (χ1n) is 7.95. The van der Waals surface area contributed by atoms with E-state index < -0.39 is 0 Å². The Hall–Kier alpha value is -1.47. The highest BCUT2D eigenvalue weighted by Crippen LogP contribution is 2.32. The molecule has 2 aromatic carbocycles. The minimum Gasteiger partial charge on any atom is -0.455 e. The molecule has 0 aliphatic carbocycles. The molecular formula is C19H17IN2OS. The predicted molar refractivity (Wildman–Crippen MR) is 111 cm³/mol. The van der Waals surface area contributed by atoms with E-state index in [9.17, 15) is 0 Å². The smallest absolute Gasteiger partial charge is 0.151 e. The van der Waals surface area contributed by atoms with Gasteiger partial charge in [0.2, 0.25) is 0 Å². The first kappa shape index (κ1) is 16.0. The topological polar surface area (TPSA) is 37.4 Å². The lowest BCUT2D eigenvalue weighted by Gasteiger charge is -2.06. The van der Waals surface area contributed by atoms with Gasteiger partial charge >= 0.3 is 0 Å². The highest BCUT2D eigenvalue weighted by molar-refractivity contribution is 14.1. The van der Waals surface area contributed by atoms with Gasteiger partial charge in [-0.3, -0.25) is 4.99 Å². The van der Waals surface area contributed by atoms with Gasteiger partial charge in [-0.25, -0.2) is 0 Å². The molecule has 1 unspecified atom stereocenters. The van der Waals surface area contributed by atoms with E-state index in [0.29, 0.717) is 6.04 Å². The molecule has 0 amide bonds. The van der Waals surface area contributed by atoms with Gasteiger partial charge in [0.15, 0.2) is 5.75 Å². The Morgan fingerprint density at radius 3 is 2.88 bits per heavy atom. The van der Waals surface area contributed by atoms with Crippen molar-refractivity contribution in [1.82, 2.24) is 4.98 Å². The summed E-state index contributed by atoms with van der Waals surface area (Å²) in [5.74, 6) is 2.77. The van der Waals surface area contributed by atoms with Crippen LogP contribution in [0.5, 0.6) is 11.5 Å². The Morgan fingerprint density at radius 2 is 2.04 bits per heavy atom. The molecule has 0 fully saturated rings. The number of rotatable bonds is 5. The summed E-state index contributed by atoms with van der Waals surface area (Å²) in [4.78, 5) is 8.37. The number of aliphatic imine (C=N–C) groups is 1. The number of hydrogen-bond acceptors (Lipinski definition) is 3. The van der Waals surface area contributed by atoms with Crippen LogP contribution in [-0.4, -0.2) is 26.2 Å². The number of aromatic amines is 1. The summed E-state index contributed by atoms with van der Waals surface area (Å²) in [5.41, 5.74) is 2.12. The summed E-state index contributed by atoms with van der Waals surface area (Å²) >= 11 is 4.27.